The van der Waals surface area contributed by atoms with E-state index in [-0.39, 0.29) is 17.2 Å². The molecular weight excluding hydrogens is 372 g/mol. The number of hydrogen-bond acceptors (Lipinski definition) is 3. The first-order chi connectivity index (χ1) is 12.3. The average Bonchev–Trinajstić information content (AvgIpc) is 2.59. The summed E-state index contributed by atoms with van der Waals surface area (Å²) >= 11 is 5.84. The molecule has 0 radical (unpaired) electrons. The van der Waals surface area contributed by atoms with Crippen LogP contribution < -0.4 is 5.32 Å². The van der Waals surface area contributed by atoms with Crippen LogP contribution >= 0.6 is 11.6 Å². The molecule has 0 saturated carbocycles. The van der Waals surface area contributed by atoms with Crippen LogP contribution in [0.5, 0.6) is 0 Å². The van der Waals surface area contributed by atoms with Crippen molar-refractivity contribution in [3.8, 4) is 0 Å². The largest absolute Gasteiger partial charge is 0.326 e. The molecule has 0 unspecified atom stereocenters. The minimum Gasteiger partial charge on any atom is -0.326 e. The summed E-state index contributed by atoms with van der Waals surface area (Å²) in [5, 5.41) is 3.37. The number of anilines is 1. The summed E-state index contributed by atoms with van der Waals surface area (Å²) in [4.78, 5) is 12.5. The summed E-state index contributed by atoms with van der Waals surface area (Å²) in [5.41, 5.74) is 1.93. The van der Waals surface area contributed by atoms with Gasteiger partial charge in [-0.25, -0.2) is 8.42 Å². The number of amides is 1. The standard InChI is InChI=1S/C19H23ClN2O3S/c1-4-22(5-2)26(24,25)18-13-17(11-6-14(18)3)21-19(23)12-15-7-9-16(20)10-8-15/h6-11,13H,4-5,12H2,1-3H3,(H,21,23). The van der Waals surface area contributed by atoms with Crippen LogP contribution in [0.15, 0.2) is 47.4 Å². The Labute approximate surface area is 160 Å². The van der Waals surface area contributed by atoms with Gasteiger partial charge in [0, 0.05) is 23.8 Å². The number of sulfonamides is 1. The third-order valence-corrected chi connectivity index (χ3v) is 6.52. The third kappa shape index (κ3) is 4.84. The van der Waals surface area contributed by atoms with Gasteiger partial charge in [-0.05, 0) is 42.3 Å². The fourth-order valence-electron chi connectivity index (χ4n) is 2.65. The van der Waals surface area contributed by atoms with Crippen molar-refractivity contribution in [1.82, 2.24) is 4.31 Å². The predicted molar refractivity (Wildman–Crippen MR) is 105 cm³/mol. The molecular formula is C19H23ClN2O3S. The van der Waals surface area contributed by atoms with Crippen molar-refractivity contribution in [2.24, 2.45) is 0 Å². The zero-order chi connectivity index (χ0) is 19.3. The Morgan fingerprint density at radius 2 is 1.69 bits per heavy atom. The van der Waals surface area contributed by atoms with Gasteiger partial charge >= 0.3 is 0 Å². The van der Waals surface area contributed by atoms with E-state index in [1.807, 2.05) is 0 Å². The van der Waals surface area contributed by atoms with E-state index in [9.17, 15) is 13.2 Å². The molecule has 2 aromatic carbocycles. The van der Waals surface area contributed by atoms with Crippen molar-refractivity contribution in [2.45, 2.75) is 32.1 Å². The molecule has 0 heterocycles. The summed E-state index contributed by atoms with van der Waals surface area (Å²) in [7, 11) is -3.59. The third-order valence-electron chi connectivity index (χ3n) is 4.07. The second-order valence-electron chi connectivity index (χ2n) is 5.92. The number of aryl methyl sites for hydroxylation is 1. The lowest BCUT2D eigenvalue weighted by Gasteiger charge is -2.20. The molecule has 0 saturated heterocycles. The van der Waals surface area contributed by atoms with Crippen molar-refractivity contribution in [2.75, 3.05) is 18.4 Å². The molecule has 0 fully saturated rings. The van der Waals surface area contributed by atoms with Gasteiger partial charge in [0.1, 0.15) is 0 Å². The van der Waals surface area contributed by atoms with Crippen molar-refractivity contribution in [3.05, 3.63) is 58.6 Å². The van der Waals surface area contributed by atoms with Crippen molar-refractivity contribution < 1.29 is 13.2 Å². The van der Waals surface area contributed by atoms with Gasteiger partial charge in [0.25, 0.3) is 0 Å². The van der Waals surface area contributed by atoms with E-state index < -0.39 is 10.0 Å². The Morgan fingerprint density at radius 1 is 1.08 bits per heavy atom. The van der Waals surface area contributed by atoms with Gasteiger partial charge in [-0.2, -0.15) is 4.31 Å². The van der Waals surface area contributed by atoms with Gasteiger partial charge in [-0.15, -0.1) is 0 Å². The quantitative estimate of drug-likeness (QED) is 0.775. The van der Waals surface area contributed by atoms with Crippen LogP contribution in [0, 0.1) is 6.92 Å². The Hall–Kier alpha value is -1.89. The van der Waals surface area contributed by atoms with Gasteiger partial charge in [0.05, 0.1) is 11.3 Å². The molecule has 1 amide bonds. The first kappa shape index (κ1) is 20.4. The number of carbonyl (C=O) groups is 1. The highest BCUT2D eigenvalue weighted by molar-refractivity contribution is 7.89. The first-order valence-corrected chi connectivity index (χ1v) is 10.2. The van der Waals surface area contributed by atoms with Crippen LogP contribution in [0.3, 0.4) is 0 Å². The molecule has 26 heavy (non-hydrogen) atoms. The lowest BCUT2D eigenvalue weighted by atomic mass is 10.1. The van der Waals surface area contributed by atoms with Crippen LogP contribution in [-0.4, -0.2) is 31.7 Å². The van der Waals surface area contributed by atoms with E-state index in [0.717, 1.165) is 5.56 Å². The number of hydrogen-bond donors (Lipinski definition) is 1. The number of nitrogens with one attached hydrogen (secondary N) is 1. The SMILES string of the molecule is CCN(CC)S(=O)(=O)c1cc(NC(=O)Cc2ccc(Cl)cc2)ccc1C. The van der Waals surface area contributed by atoms with E-state index in [0.29, 0.717) is 29.4 Å². The minimum atomic E-state index is -3.59. The molecule has 2 rings (SSSR count). The molecule has 0 aliphatic rings. The van der Waals surface area contributed by atoms with Gasteiger partial charge in [0.15, 0.2) is 0 Å². The van der Waals surface area contributed by atoms with Crippen molar-refractivity contribution in [3.63, 3.8) is 0 Å². The number of benzene rings is 2. The predicted octanol–water partition coefficient (Wildman–Crippen LogP) is 3.86. The molecule has 0 atom stereocenters. The molecule has 0 aliphatic carbocycles. The lowest BCUT2D eigenvalue weighted by Crippen LogP contribution is -2.31. The molecule has 140 valence electrons. The molecule has 7 heteroatoms. The molecule has 0 aromatic heterocycles. The zero-order valence-electron chi connectivity index (χ0n) is 15.1. The van der Waals surface area contributed by atoms with E-state index in [1.165, 1.54) is 10.4 Å². The Kier molecular flexibility index (Phi) is 6.81. The van der Waals surface area contributed by atoms with Crippen LogP contribution in [-0.2, 0) is 21.2 Å². The highest BCUT2D eigenvalue weighted by Gasteiger charge is 2.24. The van der Waals surface area contributed by atoms with E-state index in [1.54, 1.807) is 57.2 Å². The number of halogens is 1. The van der Waals surface area contributed by atoms with Crippen LogP contribution in [0.1, 0.15) is 25.0 Å². The molecule has 1 N–H and O–H groups in total. The Balaban J connectivity index is 2.21. The Morgan fingerprint density at radius 3 is 2.27 bits per heavy atom. The number of rotatable bonds is 7. The highest BCUT2D eigenvalue weighted by atomic mass is 35.5. The number of nitrogens with zero attached hydrogens (tertiary/aromatic N) is 1. The summed E-state index contributed by atoms with van der Waals surface area (Å²) in [5.74, 6) is -0.220. The normalized spacial score (nSPS) is 11.6. The maximum absolute atomic E-state index is 12.8. The summed E-state index contributed by atoms with van der Waals surface area (Å²) in [6, 6.07) is 11.9. The minimum absolute atomic E-state index is 0.184. The molecule has 0 aliphatic heterocycles. The average molecular weight is 395 g/mol. The van der Waals surface area contributed by atoms with Gasteiger partial charge in [-0.1, -0.05) is 43.6 Å². The maximum atomic E-state index is 12.8. The first-order valence-electron chi connectivity index (χ1n) is 8.43. The van der Waals surface area contributed by atoms with Crippen molar-refractivity contribution >= 4 is 33.2 Å². The van der Waals surface area contributed by atoms with Gasteiger partial charge in [-0.3, -0.25) is 4.79 Å². The fourth-order valence-corrected chi connectivity index (χ4v) is 4.49. The van der Waals surface area contributed by atoms with Crippen LogP contribution in [0.2, 0.25) is 5.02 Å². The lowest BCUT2D eigenvalue weighted by molar-refractivity contribution is -0.115. The summed E-state index contributed by atoms with van der Waals surface area (Å²) in [6.45, 7) is 6.13. The Bertz CT molecular complexity index is 876. The molecule has 0 bridgehead atoms. The second-order valence-corrected chi connectivity index (χ2v) is 8.26. The topological polar surface area (TPSA) is 66.5 Å². The van der Waals surface area contributed by atoms with E-state index in [4.69, 9.17) is 11.6 Å². The zero-order valence-corrected chi connectivity index (χ0v) is 16.7. The van der Waals surface area contributed by atoms with Gasteiger partial charge in [0.2, 0.25) is 15.9 Å². The van der Waals surface area contributed by atoms with Gasteiger partial charge < -0.3 is 5.32 Å². The smallest absolute Gasteiger partial charge is 0.243 e. The monoisotopic (exact) mass is 394 g/mol. The van der Waals surface area contributed by atoms with Crippen LogP contribution in [0.25, 0.3) is 0 Å². The maximum Gasteiger partial charge on any atom is 0.243 e. The second kappa shape index (κ2) is 8.66. The fraction of sp³-hybridized carbons (Fsp3) is 0.316. The highest BCUT2D eigenvalue weighted by Crippen LogP contribution is 2.24. The van der Waals surface area contributed by atoms with E-state index in [2.05, 4.69) is 5.32 Å². The summed E-state index contributed by atoms with van der Waals surface area (Å²) in [6.07, 6.45) is 0.184. The van der Waals surface area contributed by atoms with Crippen molar-refractivity contribution in [1.29, 1.82) is 0 Å². The number of carbonyl (C=O) groups excluding carboxylic acids is 1. The van der Waals surface area contributed by atoms with E-state index >= 15 is 0 Å². The summed E-state index contributed by atoms with van der Waals surface area (Å²) < 4.78 is 27.0. The molecule has 0 spiro atoms. The molecule has 5 nitrogen and oxygen atoms in total. The van der Waals surface area contributed by atoms with Crippen LogP contribution in [0.4, 0.5) is 5.69 Å². The molecule has 2 aromatic rings.